The number of aliphatic hydroxyl groups is 1. The molecule has 0 aliphatic carbocycles. The minimum atomic E-state index is -0.935. The fourth-order valence-corrected chi connectivity index (χ4v) is 5.21. The van der Waals surface area contributed by atoms with E-state index in [1.54, 1.807) is 55.5 Å². The Morgan fingerprint density at radius 2 is 1.86 bits per heavy atom. The highest BCUT2D eigenvalue weighted by molar-refractivity contribution is 7.18. The Kier molecular flexibility index (Phi) is 7.64. The largest absolute Gasteiger partial charge is 0.507 e. The van der Waals surface area contributed by atoms with Gasteiger partial charge in [0.25, 0.3) is 5.78 Å². The lowest BCUT2D eigenvalue weighted by molar-refractivity contribution is -0.132. The van der Waals surface area contributed by atoms with Crippen LogP contribution in [-0.4, -0.2) is 34.2 Å². The number of hydrogen-bond donors (Lipinski definition) is 1. The molecule has 8 heteroatoms. The Bertz CT molecular complexity index is 1330. The van der Waals surface area contributed by atoms with E-state index in [-0.39, 0.29) is 22.2 Å². The zero-order valence-corrected chi connectivity index (χ0v) is 21.3. The van der Waals surface area contributed by atoms with Gasteiger partial charge in [-0.15, -0.1) is 0 Å². The molecule has 0 spiro atoms. The summed E-state index contributed by atoms with van der Waals surface area (Å²) in [5.41, 5.74) is 1.47. The SMILES string of the molecule is CCCCCOc1cccc(C2C(=C(O)c3ccccc3)C(=O)C(=O)N2c2nc(C)c(C(C)=O)s2)c1. The van der Waals surface area contributed by atoms with Crippen LogP contribution in [0.1, 0.15) is 65.6 Å². The third-order valence-corrected chi connectivity index (χ3v) is 7.25. The topological polar surface area (TPSA) is 96.8 Å². The summed E-state index contributed by atoms with van der Waals surface area (Å²) in [6, 6.07) is 14.9. The van der Waals surface area contributed by atoms with Gasteiger partial charge in [-0.2, -0.15) is 0 Å². The number of ether oxygens (including phenoxy) is 1. The van der Waals surface area contributed by atoms with Crippen LogP contribution in [0.25, 0.3) is 5.76 Å². The number of carbonyl (C=O) groups excluding carboxylic acids is 3. The molecule has 1 fully saturated rings. The third-order valence-electron chi connectivity index (χ3n) is 5.99. The molecule has 7 nitrogen and oxygen atoms in total. The number of aromatic nitrogens is 1. The van der Waals surface area contributed by atoms with Gasteiger partial charge in [-0.3, -0.25) is 19.3 Å². The number of thiazole rings is 1. The second-order valence-electron chi connectivity index (χ2n) is 8.63. The molecular formula is C28H28N2O5S. The van der Waals surface area contributed by atoms with E-state index in [0.29, 0.717) is 34.1 Å². The number of carbonyl (C=O) groups is 3. The number of ketones is 2. The number of amides is 1. The monoisotopic (exact) mass is 504 g/mol. The van der Waals surface area contributed by atoms with Crippen LogP contribution in [0.2, 0.25) is 0 Å². The fraction of sp³-hybridized carbons (Fsp3) is 0.286. The Morgan fingerprint density at radius 3 is 2.53 bits per heavy atom. The van der Waals surface area contributed by atoms with Crippen LogP contribution in [0.15, 0.2) is 60.2 Å². The lowest BCUT2D eigenvalue weighted by Gasteiger charge is -2.23. The summed E-state index contributed by atoms with van der Waals surface area (Å²) in [4.78, 5) is 44.9. The van der Waals surface area contributed by atoms with Gasteiger partial charge in [0.15, 0.2) is 10.9 Å². The average Bonchev–Trinajstić information content (AvgIpc) is 3.39. The van der Waals surface area contributed by atoms with Crippen molar-refractivity contribution in [2.24, 2.45) is 0 Å². The van der Waals surface area contributed by atoms with Crippen molar-refractivity contribution < 1.29 is 24.2 Å². The van der Waals surface area contributed by atoms with E-state index in [0.717, 1.165) is 30.6 Å². The summed E-state index contributed by atoms with van der Waals surface area (Å²) in [5.74, 6) is -1.45. The molecular weight excluding hydrogens is 476 g/mol. The van der Waals surface area contributed by atoms with Gasteiger partial charge in [0, 0.05) is 12.5 Å². The normalized spacial score (nSPS) is 17.0. The van der Waals surface area contributed by atoms with Crippen LogP contribution >= 0.6 is 11.3 Å². The predicted octanol–water partition coefficient (Wildman–Crippen LogP) is 5.85. The molecule has 186 valence electrons. The van der Waals surface area contributed by atoms with E-state index >= 15 is 0 Å². The third kappa shape index (κ3) is 4.95. The van der Waals surface area contributed by atoms with Gasteiger partial charge < -0.3 is 9.84 Å². The van der Waals surface area contributed by atoms with Gasteiger partial charge >= 0.3 is 5.91 Å². The summed E-state index contributed by atoms with van der Waals surface area (Å²) in [5, 5.41) is 11.4. The first kappa shape index (κ1) is 25.3. The quantitative estimate of drug-likeness (QED) is 0.129. The Labute approximate surface area is 214 Å². The second kappa shape index (κ2) is 10.9. The van der Waals surface area contributed by atoms with Gasteiger partial charge in [0.1, 0.15) is 11.5 Å². The number of aliphatic hydroxyl groups excluding tert-OH is 1. The van der Waals surface area contributed by atoms with Crippen LogP contribution in [0.3, 0.4) is 0 Å². The average molecular weight is 505 g/mol. The molecule has 4 rings (SSSR count). The highest BCUT2D eigenvalue weighted by Crippen LogP contribution is 2.44. The molecule has 2 heterocycles. The Morgan fingerprint density at radius 1 is 1.11 bits per heavy atom. The van der Waals surface area contributed by atoms with Gasteiger partial charge in [-0.25, -0.2) is 4.98 Å². The molecule has 1 unspecified atom stereocenters. The maximum absolute atomic E-state index is 13.3. The lowest BCUT2D eigenvalue weighted by atomic mass is 9.95. The van der Waals surface area contributed by atoms with Crippen LogP contribution in [0.5, 0.6) is 5.75 Å². The molecule has 1 aliphatic rings. The molecule has 1 atom stereocenters. The lowest BCUT2D eigenvalue weighted by Crippen LogP contribution is -2.29. The molecule has 0 saturated carbocycles. The van der Waals surface area contributed by atoms with Gasteiger partial charge in [-0.1, -0.05) is 73.6 Å². The first-order valence-electron chi connectivity index (χ1n) is 11.9. The number of Topliss-reactive ketones (excluding diaryl/α,β-unsaturated/α-hetero) is 2. The molecule has 1 N–H and O–H groups in total. The van der Waals surface area contributed by atoms with E-state index < -0.39 is 17.7 Å². The number of aryl methyl sites for hydroxylation is 1. The van der Waals surface area contributed by atoms with Gasteiger partial charge in [0.05, 0.1) is 28.8 Å². The molecule has 1 aliphatic heterocycles. The molecule has 1 aromatic heterocycles. The second-order valence-corrected chi connectivity index (χ2v) is 9.61. The van der Waals surface area contributed by atoms with E-state index in [2.05, 4.69) is 11.9 Å². The minimum Gasteiger partial charge on any atom is -0.507 e. The summed E-state index contributed by atoms with van der Waals surface area (Å²) >= 11 is 1.06. The Hall–Kier alpha value is -3.78. The summed E-state index contributed by atoms with van der Waals surface area (Å²) in [7, 11) is 0. The number of anilines is 1. The van der Waals surface area contributed by atoms with Crippen molar-refractivity contribution >= 4 is 39.7 Å². The standard InChI is InChI=1S/C28H28N2O5S/c1-4-5-9-15-35-21-14-10-13-20(16-21)23-22(24(32)19-11-7-6-8-12-19)25(33)27(34)30(23)28-29-17(2)26(36-28)18(3)31/h6-8,10-14,16,23,32H,4-5,9,15H2,1-3H3. The number of benzene rings is 2. The van der Waals surface area contributed by atoms with Crippen molar-refractivity contribution in [1.29, 1.82) is 0 Å². The van der Waals surface area contributed by atoms with Crippen molar-refractivity contribution in [2.45, 2.75) is 46.1 Å². The van der Waals surface area contributed by atoms with E-state index in [1.165, 1.54) is 11.8 Å². The summed E-state index contributed by atoms with van der Waals surface area (Å²) in [6.45, 7) is 5.80. The molecule has 36 heavy (non-hydrogen) atoms. The number of rotatable bonds is 9. The maximum Gasteiger partial charge on any atom is 0.301 e. The number of nitrogens with zero attached hydrogens (tertiary/aromatic N) is 2. The van der Waals surface area contributed by atoms with Gasteiger partial charge in [-0.05, 0) is 31.0 Å². The van der Waals surface area contributed by atoms with Crippen LogP contribution < -0.4 is 9.64 Å². The van der Waals surface area contributed by atoms with E-state index in [4.69, 9.17) is 4.74 Å². The number of hydrogen-bond acceptors (Lipinski definition) is 7. The molecule has 0 radical (unpaired) electrons. The maximum atomic E-state index is 13.3. The van der Waals surface area contributed by atoms with E-state index in [1.807, 2.05) is 6.07 Å². The van der Waals surface area contributed by atoms with Crippen molar-refractivity contribution in [2.75, 3.05) is 11.5 Å². The van der Waals surface area contributed by atoms with Gasteiger partial charge in [0.2, 0.25) is 0 Å². The molecule has 2 aromatic carbocycles. The van der Waals surface area contributed by atoms with E-state index in [9.17, 15) is 19.5 Å². The fourth-order valence-electron chi connectivity index (χ4n) is 4.23. The first-order chi connectivity index (χ1) is 17.3. The first-order valence-corrected chi connectivity index (χ1v) is 12.7. The predicted molar refractivity (Wildman–Crippen MR) is 140 cm³/mol. The zero-order chi connectivity index (χ0) is 25.8. The molecule has 0 bridgehead atoms. The summed E-state index contributed by atoms with van der Waals surface area (Å²) < 4.78 is 5.91. The Balaban J connectivity index is 1.85. The smallest absolute Gasteiger partial charge is 0.301 e. The van der Waals surface area contributed by atoms with Crippen LogP contribution in [0.4, 0.5) is 5.13 Å². The van der Waals surface area contributed by atoms with Crippen molar-refractivity contribution in [3.8, 4) is 5.75 Å². The minimum absolute atomic E-state index is 0.0356. The van der Waals surface area contributed by atoms with Crippen molar-refractivity contribution in [3.05, 3.63) is 81.9 Å². The molecule has 3 aromatic rings. The number of unbranched alkanes of at least 4 members (excludes halogenated alkanes) is 2. The molecule has 1 amide bonds. The summed E-state index contributed by atoms with van der Waals surface area (Å²) in [6.07, 6.45) is 3.05. The van der Waals surface area contributed by atoms with Crippen LogP contribution in [0, 0.1) is 6.92 Å². The molecule has 1 saturated heterocycles. The highest BCUT2D eigenvalue weighted by Gasteiger charge is 2.48. The van der Waals surface area contributed by atoms with Crippen LogP contribution in [-0.2, 0) is 9.59 Å². The van der Waals surface area contributed by atoms with Crippen molar-refractivity contribution in [3.63, 3.8) is 0 Å². The highest BCUT2D eigenvalue weighted by atomic mass is 32.1. The zero-order valence-electron chi connectivity index (χ0n) is 20.5. The van der Waals surface area contributed by atoms with Crippen molar-refractivity contribution in [1.82, 2.24) is 4.98 Å².